The topological polar surface area (TPSA) is 68.6 Å². The molecule has 2 aliphatic carbocycles. The van der Waals surface area contributed by atoms with Crippen LogP contribution in [0.4, 0.5) is 0 Å². The van der Waals surface area contributed by atoms with Crippen LogP contribution in [0.1, 0.15) is 50.5 Å². The molecule has 1 unspecified atom stereocenters. The molecule has 0 N–H and O–H groups in total. The molecular weight excluding hydrogens is 330 g/mol. The predicted octanol–water partition coefficient (Wildman–Crippen LogP) is 4.06. The van der Waals surface area contributed by atoms with E-state index in [4.69, 9.17) is 14.2 Å². The second kappa shape index (κ2) is 7.82. The third-order valence-electron chi connectivity index (χ3n) is 5.43. The molecule has 0 aliphatic heterocycles. The van der Waals surface area contributed by atoms with Crippen LogP contribution in [-0.4, -0.2) is 26.3 Å². The van der Waals surface area contributed by atoms with Crippen molar-refractivity contribution in [3.05, 3.63) is 35.4 Å². The van der Waals surface area contributed by atoms with Crippen LogP contribution >= 0.6 is 0 Å². The number of nitriles is 1. The number of methoxy groups -OCH3 is 2. The van der Waals surface area contributed by atoms with E-state index in [0.717, 1.165) is 18.4 Å². The zero-order chi connectivity index (χ0) is 18.6. The van der Waals surface area contributed by atoms with Gasteiger partial charge in [-0.3, -0.25) is 0 Å². The van der Waals surface area contributed by atoms with Gasteiger partial charge in [0.15, 0.2) is 11.5 Å². The number of hydrogen-bond acceptors (Lipinski definition) is 5. The fraction of sp³-hybridized carbons (Fsp3) is 0.524. The summed E-state index contributed by atoms with van der Waals surface area (Å²) in [5, 5.41) is 9.97. The Kier molecular flexibility index (Phi) is 5.51. The maximum atomic E-state index is 12.0. The normalized spacial score (nSPS) is 23.0. The molecule has 0 aromatic heterocycles. The molecule has 138 valence electrons. The molecule has 0 heterocycles. The molecule has 0 radical (unpaired) electrons. The van der Waals surface area contributed by atoms with Crippen molar-refractivity contribution in [1.82, 2.24) is 0 Å². The maximum absolute atomic E-state index is 12.0. The molecule has 1 aromatic carbocycles. The van der Waals surface area contributed by atoms with Crippen molar-refractivity contribution in [1.29, 1.82) is 5.26 Å². The number of nitrogens with zero attached hydrogens (tertiary/aromatic N) is 1. The van der Waals surface area contributed by atoms with Gasteiger partial charge in [0.1, 0.15) is 0 Å². The van der Waals surface area contributed by atoms with Gasteiger partial charge in [-0.2, -0.15) is 5.26 Å². The highest BCUT2D eigenvalue weighted by molar-refractivity contribution is 5.89. The molecule has 0 bridgehead atoms. The van der Waals surface area contributed by atoms with Crippen molar-refractivity contribution in [3.8, 4) is 17.6 Å². The van der Waals surface area contributed by atoms with Crippen molar-refractivity contribution in [2.45, 2.75) is 56.5 Å². The second-order valence-electron chi connectivity index (χ2n) is 7.02. The summed E-state index contributed by atoms with van der Waals surface area (Å²) in [6, 6.07) is 8.14. The second-order valence-corrected chi connectivity index (χ2v) is 7.02. The van der Waals surface area contributed by atoms with Crippen molar-refractivity contribution < 1.29 is 19.0 Å². The van der Waals surface area contributed by atoms with E-state index in [0.29, 0.717) is 36.3 Å². The first kappa shape index (κ1) is 18.3. The first-order valence-electron chi connectivity index (χ1n) is 9.15. The number of carbonyl (C=O) groups excluding carboxylic acids is 1. The Morgan fingerprint density at radius 3 is 2.65 bits per heavy atom. The smallest absolute Gasteiger partial charge is 0.333 e. The predicted molar refractivity (Wildman–Crippen MR) is 97.1 cm³/mol. The van der Waals surface area contributed by atoms with Crippen LogP contribution < -0.4 is 9.47 Å². The Balaban J connectivity index is 1.92. The molecule has 1 aromatic rings. The SMILES string of the molecule is COC(=O)C1=CCCC(C#N)(c2ccc(OC)c(OC3CCCC3)c2)C1. The molecule has 5 nitrogen and oxygen atoms in total. The van der Waals surface area contributed by atoms with E-state index in [1.807, 2.05) is 24.3 Å². The monoisotopic (exact) mass is 355 g/mol. The van der Waals surface area contributed by atoms with Gasteiger partial charge in [-0.25, -0.2) is 4.79 Å². The first-order valence-corrected chi connectivity index (χ1v) is 9.15. The van der Waals surface area contributed by atoms with Gasteiger partial charge in [0.25, 0.3) is 0 Å². The molecule has 3 rings (SSSR count). The molecule has 1 atom stereocenters. The molecule has 1 saturated carbocycles. The van der Waals surface area contributed by atoms with Crippen molar-refractivity contribution in [2.24, 2.45) is 0 Å². The third kappa shape index (κ3) is 3.55. The highest BCUT2D eigenvalue weighted by Gasteiger charge is 2.38. The van der Waals surface area contributed by atoms with Crippen molar-refractivity contribution in [3.63, 3.8) is 0 Å². The molecule has 0 amide bonds. The molecular formula is C21H25NO4. The van der Waals surface area contributed by atoms with Crippen LogP contribution in [0.15, 0.2) is 29.8 Å². The number of esters is 1. The van der Waals surface area contributed by atoms with Gasteiger partial charge in [-0.15, -0.1) is 0 Å². The number of allylic oxidation sites excluding steroid dienone is 1. The van der Waals surface area contributed by atoms with Gasteiger partial charge in [0.2, 0.25) is 0 Å². The number of ether oxygens (including phenoxy) is 3. The van der Waals surface area contributed by atoms with Gasteiger partial charge in [-0.1, -0.05) is 12.1 Å². The average molecular weight is 355 g/mol. The van der Waals surface area contributed by atoms with Crippen LogP contribution in [0, 0.1) is 11.3 Å². The summed E-state index contributed by atoms with van der Waals surface area (Å²) in [7, 11) is 2.99. The summed E-state index contributed by atoms with van der Waals surface area (Å²) < 4.78 is 16.5. The van der Waals surface area contributed by atoms with Gasteiger partial charge in [0, 0.05) is 12.0 Å². The summed E-state index contributed by atoms with van der Waals surface area (Å²) in [6.45, 7) is 0. The van der Waals surface area contributed by atoms with Crippen LogP contribution in [0.5, 0.6) is 11.5 Å². The Hall–Kier alpha value is -2.48. The fourth-order valence-corrected chi connectivity index (χ4v) is 3.92. The lowest BCUT2D eigenvalue weighted by molar-refractivity contribution is -0.136. The highest BCUT2D eigenvalue weighted by atomic mass is 16.5. The van der Waals surface area contributed by atoms with Crippen LogP contribution in [0.2, 0.25) is 0 Å². The maximum Gasteiger partial charge on any atom is 0.333 e. The molecule has 26 heavy (non-hydrogen) atoms. The summed E-state index contributed by atoms with van der Waals surface area (Å²) in [4.78, 5) is 12.0. The summed E-state index contributed by atoms with van der Waals surface area (Å²) in [5.74, 6) is 0.995. The third-order valence-corrected chi connectivity index (χ3v) is 5.43. The minimum absolute atomic E-state index is 0.203. The van der Waals surface area contributed by atoms with E-state index in [1.165, 1.54) is 20.0 Å². The Labute approximate surface area is 154 Å². The van der Waals surface area contributed by atoms with Gasteiger partial charge >= 0.3 is 5.97 Å². The van der Waals surface area contributed by atoms with Crippen LogP contribution in [-0.2, 0) is 14.9 Å². The minimum Gasteiger partial charge on any atom is -0.493 e. The number of rotatable bonds is 5. The molecule has 5 heteroatoms. The van der Waals surface area contributed by atoms with Crippen molar-refractivity contribution in [2.75, 3.05) is 14.2 Å². The zero-order valence-electron chi connectivity index (χ0n) is 15.4. The van der Waals surface area contributed by atoms with Crippen LogP contribution in [0.25, 0.3) is 0 Å². The van der Waals surface area contributed by atoms with E-state index in [9.17, 15) is 10.1 Å². The van der Waals surface area contributed by atoms with E-state index < -0.39 is 5.41 Å². The van der Waals surface area contributed by atoms with E-state index in [1.54, 1.807) is 7.11 Å². The van der Waals surface area contributed by atoms with E-state index in [-0.39, 0.29) is 12.1 Å². The fourth-order valence-electron chi connectivity index (χ4n) is 3.92. The van der Waals surface area contributed by atoms with E-state index in [2.05, 4.69) is 6.07 Å². The highest BCUT2D eigenvalue weighted by Crippen LogP contribution is 2.43. The lowest BCUT2D eigenvalue weighted by atomic mass is 9.70. The minimum atomic E-state index is -0.752. The molecule has 0 saturated heterocycles. The lowest BCUT2D eigenvalue weighted by Gasteiger charge is -2.31. The molecule has 0 spiro atoms. The Bertz CT molecular complexity index is 743. The standard InChI is InChI=1S/C21H25NO4/c1-24-18-10-9-16(12-19(18)26-17-7-3-4-8-17)21(14-22)11-5-6-15(13-21)20(23)25-2/h6,9-10,12,17H,3-5,7-8,11,13H2,1-2H3. The summed E-state index contributed by atoms with van der Waals surface area (Å²) in [5.41, 5.74) is 0.677. The molecule has 1 fully saturated rings. The first-order chi connectivity index (χ1) is 12.6. The van der Waals surface area contributed by atoms with E-state index >= 15 is 0 Å². The van der Waals surface area contributed by atoms with Crippen molar-refractivity contribution >= 4 is 5.97 Å². The van der Waals surface area contributed by atoms with Crippen LogP contribution in [0.3, 0.4) is 0 Å². The number of benzene rings is 1. The summed E-state index contributed by atoms with van der Waals surface area (Å²) in [6.07, 6.45) is 8.23. The zero-order valence-corrected chi connectivity index (χ0v) is 15.4. The Morgan fingerprint density at radius 2 is 2.00 bits per heavy atom. The molecule has 2 aliphatic rings. The Morgan fingerprint density at radius 1 is 1.23 bits per heavy atom. The van der Waals surface area contributed by atoms with Gasteiger partial charge in [0.05, 0.1) is 31.8 Å². The number of carbonyl (C=O) groups is 1. The quantitative estimate of drug-likeness (QED) is 0.745. The van der Waals surface area contributed by atoms with Gasteiger partial charge in [-0.05, 0) is 56.2 Å². The summed E-state index contributed by atoms with van der Waals surface area (Å²) >= 11 is 0. The largest absolute Gasteiger partial charge is 0.493 e. The average Bonchev–Trinajstić information content (AvgIpc) is 3.20. The number of hydrogen-bond donors (Lipinski definition) is 0. The van der Waals surface area contributed by atoms with Gasteiger partial charge < -0.3 is 14.2 Å². The lowest BCUT2D eigenvalue weighted by Crippen LogP contribution is -2.29.